The molecule has 0 amide bonds. The van der Waals surface area contributed by atoms with E-state index >= 15 is 0 Å². The van der Waals surface area contributed by atoms with Crippen molar-refractivity contribution in [1.82, 2.24) is 0 Å². The van der Waals surface area contributed by atoms with Crippen molar-refractivity contribution in [1.29, 1.82) is 0 Å². The first-order valence-electron chi connectivity index (χ1n) is 3.91. The molecule has 3 heteroatoms. The summed E-state index contributed by atoms with van der Waals surface area (Å²) < 4.78 is 1.03. The van der Waals surface area contributed by atoms with E-state index in [-0.39, 0.29) is 0 Å². The van der Waals surface area contributed by atoms with Crippen LogP contribution in [-0.4, -0.2) is 12.4 Å². The number of hydrogen-bond donors (Lipinski definition) is 1. The molecule has 0 bridgehead atoms. The van der Waals surface area contributed by atoms with Crippen molar-refractivity contribution >= 4 is 21.8 Å². The summed E-state index contributed by atoms with van der Waals surface area (Å²) in [4.78, 5) is 4.10. The van der Waals surface area contributed by atoms with Gasteiger partial charge in [0, 0.05) is 10.0 Å². The zero-order valence-electron chi connectivity index (χ0n) is 7.20. The van der Waals surface area contributed by atoms with Crippen molar-refractivity contribution in [3.8, 4) is 0 Å². The van der Waals surface area contributed by atoms with Gasteiger partial charge in [-0.15, -0.1) is 6.58 Å². The van der Waals surface area contributed by atoms with Crippen molar-refractivity contribution in [3.05, 3.63) is 47.0 Å². The van der Waals surface area contributed by atoms with Crippen LogP contribution in [0.3, 0.4) is 0 Å². The molecule has 0 atom stereocenters. The Balaban J connectivity index is 2.82. The third-order valence-electron chi connectivity index (χ3n) is 1.53. The van der Waals surface area contributed by atoms with Gasteiger partial charge < -0.3 is 5.73 Å². The number of halogens is 1. The molecule has 0 aliphatic heterocycles. The van der Waals surface area contributed by atoms with Crippen LogP contribution in [0.5, 0.6) is 0 Å². The van der Waals surface area contributed by atoms with Crippen LogP contribution in [0, 0.1) is 0 Å². The monoisotopic (exact) mass is 238 g/mol. The molecule has 68 valence electrons. The van der Waals surface area contributed by atoms with E-state index in [0.29, 0.717) is 12.4 Å². The molecule has 2 nitrogen and oxygen atoms in total. The minimum atomic E-state index is 0.549. The molecule has 0 fully saturated rings. The van der Waals surface area contributed by atoms with Crippen molar-refractivity contribution in [3.63, 3.8) is 0 Å². The molecule has 0 heterocycles. The SMILES string of the molecule is C=CCN=C(N)c1ccc(Br)cc1. The van der Waals surface area contributed by atoms with Crippen molar-refractivity contribution < 1.29 is 0 Å². The molecule has 0 spiro atoms. The highest BCUT2D eigenvalue weighted by Gasteiger charge is 1.95. The largest absolute Gasteiger partial charge is 0.383 e. The molecule has 0 unspecified atom stereocenters. The highest BCUT2D eigenvalue weighted by molar-refractivity contribution is 9.10. The molecule has 1 rings (SSSR count). The second kappa shape index (κ2) is 4.82. The number of hydrogen-bond acceptors (Lipinski definition) is 1. The number of rotatable bonds is 3. The summed E-state index contributed by atoms with van der Waals surface area (Å²) >= 11 is 3.35. The van der Waals surface area contributed by atoms with Crippen LogP contribution in [0.1, 0.15) is 5.56 Å². The molecule has 0 saturated carbocycles. The highest BCUT2D eigenvalue weighted by atomic mass is 79.9. The normalized spacial score (nSPS) is 11.3. The fourth-order valence-corrected chi connectivity index (χ4v) is 1.14. The van der Waals surface area contributed by atoms with E-state index in [1.165, 1.54) is 0 Å². The Morgan fingerprint density at radius 2 is 2.08 bits per heavy atom. The van der Waals surface area contributed by atoms with E-state index in [4.69, 9.17) is 5.73 Å². The van der Waals surface area contributed by atoms with Gasteiger partial charge in [-0.2, -0.15) is 0 Å². The van der Waals surface area contributed by atoms with Crippen LogP contribution in [0.25, 0.3) is 0 Å². The third-order valence-corrected chi connectivity index (χ3v) is 2.06. The predicted molar refractivity (Wildman–Crippen MR) is 59.9 cm³/mol. The number of aliphatic imine (C=N–C) groups is 1. The van der Waals surface area contributed by atoms with Crippen LogP contribution in [0.15, 0.2) is 46.4 Å². The molecule has 1 aromatic rings. The lowest BCUT2D eigenvalue weighted by molar-refractivity contribution is 1.23. The topological polar surface area (TPSA) is 38.4 Å². The average molecular weight is 239 g/mol. The Morgan fingerprint density at radius 3 is 2.62 bits per heavy atom. The van der Waals surface area contributed by atoms with Gasteiger partial charge in [0.05, 0.1) is 6.54 Å². The third kappa shape index (κ3) is 3.03. The summed E-state index contributed by atoms with van der Waals surface area (Å²) in [5, 5.41) is 0. The van der Waals surface area contributed by atoms with Gasteiger partial charge in [0.2, 0.25) is 0 Å². The Labute approximate surface area is 86.3 Å². The van der Waals surface area contributed by atoms with E-state index in [1.54, 1.807) is 6.08 Å². The number of nitrogens with zero attached hydrogens (tertiary/aromatic N) is 1. The molecule has 13 heavy (non-hydrogen) atoms. The van der Waals surface area contributed by atoms with Crippen molar-refractivity contribution in [2.24, 2.45) is 10.7 Å². The lowest BCUT2D eigenvalue weighted by atomic mass is 10.2. The summed E-state index contributed by atoms with van der Waals surface area (Å²) in [6.45, 7) is 4.13. The van der Waals surface area contributed by atoms with E-state index in [0.717, 1.165) is 10.0 Å². The standard InChI is InChI=1S/C10H11BrN2/c1-2-7-13-10(12)8-3-5-9(11)6-4-8/h2-6H,1,7H2,(H2,12,13). The maximum atomic E-state index is 5.72. The maximum Gasteiger partial charge on any atom is 0.125 e. The fraction of sp³-hybridized carbons (Fsp3) is 0.100. The Hall–Kier alpha value is -1.09. The Bertz CT molecular complexity index is 314. The van der Waals surface area contributed by atoms with Gasteiger partial charge in [-0.05, 0) is 12.1 Å². The summed E-state index contributed by atoms with van der Waals surface area (Å²) in [5.41, 5.74) is 6.65. The van der Waals surface area contributed by atoms with Crippen molar-refractivity contribution in [2.75, 3.05) is 6.54 Å². The second-order valence-corrected chi connectivity index (χ2v) is 3.44. The molecular formula is C10H11BrN2. The quantitative estimate of drug-likeness (QED) is 0.490. The molecule has 0 saturated heterocycles. The van der Waals surface area contributed by atoms with Crippen LogP contribution >= 0.6 is 15.9 Å². The number of nitrogens with two attached hydrogens (primary N) is 1. The molecule has 0 aliphatic carbocycles. The summed E-state index contributed by atoms with van der Waals surface area (Å²) in [6.07, 6.45) is 1.71. The van der Waals surface area contributed by atoms with E-state index in [1.807, 2.05) is 24.3 Å². The highest BCUT2D eigenvalue weighted by Crippen LogP contribution is 2.10. The fourth-order valence-electron chi connectivity index (χ4n) is 0.875. The van der Waals surface area contributed by atoms with E-state index in [2.05, 4.69) is 27.5 Å². The lowest BCUT2D eigenvalue weighted by Gasteiger charge is -1.99. The Morgan fingerprint density at radius 1 is 1.46 bits per heavy atom. The smallest absolute Gasteiger partial charge is 0.125 e. The van der Waals surface area contributed by atoms with Crippen LogP contribution in [0.2, 0.25) is 0 Å². The predicted octanol–water partition coefficient (Wildman–Crippen LogP) is 2.34. The van der Waals surface area contributed by atoms with Gasteiger partial charge in [0.1, 0.15) is 5.84 Å². The first-order valence-corrected chi connectivity index (χ1v) is 4.70. The van der Waals surface area contributed by atoms with Crippen molar-refractivity contribution in [2.45, 2.75) is 0 Å². The van der Waals surface area contributed by atoms with E-state index in [9.17, 15) is 0 Å². The minimum Gasteiger partial charge on any atom is -0.383 e. The molecule has 0 radical (unpaired) electrons. The van der Waals surface area contributed by atoms with Gasteiger partial charge in [-0.1, -0.05) is 34.1 Å². The Kier molecular flexibility index (Phi) is 3.71. The molecular weight excluding hydrogens is 228 g/mol. The summed E-state index contributed by atoms with van der Waals surface area (Å²) in [6, 6.07) is 7.72. The maximum absolute atomic E-state index is 5.72. The second-order valence-electron chi connectivity index (χ2n) is 2.52. The zero-order valence-corrected chi connectivity index (χ0v) is 8.79. The van der Waals surface area contributed by atoms with Gasteiger partial charge in [0.15, 0.2) is 0 Å². The zero-order chi connectivity index (χ0) is 9.68. The van der Waals surface area contributed by atoms with Crippen LogP contribution in [-0.2, 0) is 0 Å². The molecule has 1 aromatic carbocycles. The lowest BCUT2D eigenvalue weighted by Crippen LogP contribution is -2.13. The van der Waals surface area contributed by atoms with E-state index < -0.39 is 0 Å². The number of benzene rings is 1. The van der Waals surface area contributed by atoms with Crippen LogP contribution in [0.4, 0.5) is 0 Å². The van der Waals surface area contributed by atoms with Gasteiger partial charge in [0.25, 0.3) is 0 Å². The minimum absolute atomic E-state index is 0.549. The first-order chi connectivity index (χ1) is 6.24. The van der Waals surface area contributed by atoms with Crippen LogP contribution < -0.4 is 5.73 Å². The summed E-state index contributed by atoms with van der Waals surface area (Å²) in [7, 11) is 0. The molecule has 2 N–H and O–H groups in total. The van der Waals surface area contributed by atoms with Gasteiger partial charge >= 0.3 is 0 Å². The first kappa shape index (κ1) is 9.99. The average Bonchev–Trinajstić information content (AvgIpc) is 2.15. The number of amidine groups is 1. The van der Waals surface area contributed by atoms with Gasteiger partial charge in [-0.3, -0.25) is 4.99 Å². The summed E-state index contributed by atoms with van der Waals surface area (Å²) in [5.74, 6) is 0.549. The van der Waals surface area contributed by atoms with Gasteiger partial charge in [-0.25, -0.2) is 0 Å². The molecule has 0 aliphatic rings. The molecule has 0 aromatic heterocycles.